The standard InChI is InChI=1S/C29H36Br2/c1-3-23-13-15-25-26-16-14-24(4-2)22-28(26)29(27(25)21-23,17-9-5-7-11-19-30)18-10-6-8-12-20-31/h3-4,13-16,21-22H,1-2,5-12,17-20H2. The van der Waals surface area contributed by atoms with Gasteiger partial charge in [0, 0.05) is 16.1 Å². The van der Waals surface area contributed by atoms with Crippen LogP contribution in [0.1, 0.15) is 86.5 Å². The average molecular weight is 544 g/mol. The predicted molar refractivity (Wildman–Crippen MR) is 147 cm³/mol. The number of hydrogen-bond acceptors (Lipinski definition) is 0. The highest BCUT2D eigenvalue weighted by Gasteiger charge is 2.42. The summed E-state index contributed by atoms with van der Waals surface area (Å²) in [5.74, 6) is 0. The molecule has 0 saturated carbocycles. The van der Waals surface area contributed by atoms with E-state index in [1.807, 2.05) is 12.2 Å². The molecule has 0 amide bonds. The van der Waals surface area contributed by atoms with E-state index in [9.17, 15) is 0 Å². The molecule has 0 bridgehead atoms. The Hall–Kier alpha value is -1.12. The average Bonchev–Trinajstić information content (AvgIpc) is 3.07. The zero-order chi connectivity index (χ0) is 22.1. The van der Waals surface area contributed by atoms with Gasteiger partial charge in [0.1, 0.15) is 0 Å². The van der Waals surface area contributed by atoms with Gasteiger partial charge < -0.3 is 0 Å². The maximum Gasteiger partial charge on any atom is 0.0215 e. The third-order valence-corrected chi connectivity index (χ3v) is 7.98. The van der Waals surface area contributed by atoms with Crippen molar-refractivity contribution >= 4 is 44.0 Å². The van der Waals surface area contributed by atoms with Crippen LogP contribution >= 0.6 is 31.9 Å². The maximum absolute atomic E-state index is 4.05. The van der Waals surface area contributed by atoms with Crippen LogP contribution in [0.3, 0.4) is 0 Å². The van der Waals surface area contributed by atoms with E-state index in [4.69, 9.17) is 0 Å². The first-order valence-corrected chi connectivity index (χ1v) is 14.1. The summed E-state index contributed by atoms with van der Waals surface area (Å²) in [6.07, 6.45) is 16.8. The van der Waals surface area contributed by atoms with Gasteiger partial charge in [-0.3, -0.25) is 0 Å². The summed E-state index contributed by atoms with van der Waals surface area (Å²) in [5.41, 5.74) is 8.50. The summed E-state index contributed by atoms with van der Waals surface area (Å²) in [6, 6.07) is 13.9. The van der Waals surface area contributed by atoms with E-state index < -0.39 is 0 Å². The summed E-state index contributed by atoms with van der Waals surface area (Å²) in [4.78, 5) is 0. The lowest BCUT2D eigenvalue weighted by Crippen LogP contribution is -2.25. The summed E-state index contributed by atoms with van der Waals surface area (Å²) < 4.78 is 0. The summed E-state index contributed by atoms with van der Waals surface area (Å²) in [6.45, 7) is 8.10. The van der Waals surface area contributed by atoms with Crippen molar-refractivity contribution in [1.29, 1.82) is 0 Å². The van der Waals surface area contributed by atoms with Crippen molar-refractivity contribution in [1.82, 2.24) is 0 Å². The van der Waals surface area contributed by atoms with Crippen LogP contribution in [0.2, 0.25) is 0 Å². The Labute approximate surface area is 206 Å². The molecule has 3 rings (SSSR count). The van der Waals surface area contributed by atoms with E-state index in [2.05, 4.69) is 81.4 Å². The third kappa shape index (κ3) is 5.63. The first-order chi connectivity index (χ1) is 15.2. The van der Waals surface area contributed by atoms with E-state index in [1.54, 1.807) is 0 Å². The molecule has 0 unspecified atom stereocenters. The maximum atomic E-state index is 4.05. The van der Waals surface area contributed by atoms with Crippen LogP contribution in [-0.2, 0) is 5.41 Å². The molecule has 2 aromatic carbocycles. The Morgan fingerprint density at radius 1 is 0.613 bits per heavy atom. The normalized spacial score (nSPS) is 13.6. The zero-order valence-corrected chi connectivity index (χ0v) is 21.9. The molecule has 0 radical (unpaired) electrons. The second kappa shape index (κ2) is 12.2. The Bertz CT molecular complexity index is 807. The number of hydrogen-bond donors (Lipinski definition) is 0. The van der Waals surface area contributed by atoms with Crippen LogP contribution in [0.15, 0.2) is 49.6 Å². The molecule has 0 N–H and O–H groups in total. The molecule has 166 valence electrons. The van der Waals surface area contributed by atoms with Crippen LogP contribution in [0.5, 0.6) is 0 Å². The number of halogens is 2. The lowest BCUT2D eigenvalue weighted by Gasteiger charge is -2.33. The van der Waals surface area contributed by atoms with Crippen molar-refractivity contribution in [2.75, 3.05) is 10.7 Å². The molecule has 31 heavy (non-hydrogen) atoms. The smallest absolute Gasteiger partial charge is 0.0215 e. The fourth-order valence-corrected chi connectivity index (χ4v) is 5.99. The lowest BCUT2D eigenvalue weighted by molar-refractivity contribution is 0.401. The molecular weight excluding hydrogens is 508 g/mol. The quantitative estimate of drug-likeness (QED) is 0.164. The van der Waals surface area contributed by atoms with E-state index in [0.717, 1.165) is 10.7 Å². The van der Waals surface area contributed by atoms with Crippen molar-refractivity contribution < 1.29 is 0 Å². The van der Waals surface area contributed by atoms with Crippen LogP contribution < -0.4 is 0 Å². The minimum absolute atomic E-state index is 0.117. The van der Waals surface area contributed by atoms with E-state index in [1.165, 1.54) is 97.6 Å². The topological polar surface area (TPSA) is 0 Å². The molecule has 1 aliphatic rings. The third-order valence-electron chi connectivity index (χ3n) is 6.85. The van der Waals surface area contributed by atoms with Crippen molar-refractivity contribution in [2.45, 2.75) is 69.6 Å². The van der Waals surface area contributed by atoms with Crippen molar-refractivity contribution in [3.63, 3.8) is 0 Å². The van der Waals surface area contributed by atoms with Crippen molar-refractivity contribution in [2.24, 2.45) is 0 Å². The summed E-state index contributed by atoms with van der Waals surface area (Å²) in [7, 11) is 0. The molecule has 0 aromatic heterocycles. The second-order valence-electron chi connectivity index (χ2n) is 8.81. The predicted octanol–water partition coefficient (Wildman–Crippen LogP) is 9.93. The van der Waals surface area contributed by atoms with Gasteiger partial charge in [-0.15, -0.1) is 0 Å². The van der Waals surface area contributed by atoms with E-state index in [0.29, 0.717) is 0 Å². The van der Waals surface area contributed by atoms with Gasteiger partial charge in [0.15, 0.2) is 0 Å². The number of rotatable bonds is 14. The lowest BCUT2D eigenvalue weighted by atomic mass is 9.70. The van der Waals surface area contributed by atoms with Gasteiger partial charge in [-0.2, -0.15) is 0 Å². The second-order valence-corrected chi connectivity index (χ2v) is 10.4. The van der Waals surface area contributed by atoms with Crippen LogP contribution in [-0.4, -0.2) is 10.7 Å². The van der Waals surface area contributed by atoms with Crippen molar-refractivity contribution in [3.8, 4) is 11.1 Å². The Balaban J connectivity index is 2.00. The van der Waals surface area contributed by atoms with E-state index in [-0.39, 0.29) is 5.41 Å². The number of fused-ring (bicyclic) bond motifs is 3. The molecule has 0 heterocycles. The molecule has 0 aliphatic heterocycles. The molecule has 0 spiro atoms. The van der Waals surface area contributed by atoms with Crippen LogP contribution in [0.25, 0.3) is 23.3 Å². The van der Waals surface area contributed by atoms with Crippen LogP contribution in [0.4, 0.5) is 0 Å². The van der Waals surface area contributed by atoms with Gasteiger partial charge in [-0.25, -0.2) is 0 Å². The highest BCUT2D eigenvalue weighted by molar-refractivity contribution is 9.09. The summed E-state index contributed by atoms with van der Waals surface area (Å²) in [5, 5.41) is 2.23. The van der Waals surface area contributed by atoms with Gasteiger partial charge in [0.05, 0.1) is 0 Å². The first-order valence-electron chi connectivity index (χ1n) is 11.9. The molecule has 0 saturated heterocycles. The van der Waals surface area contributed by atoms with Gasteiger partial charge in [0.25, 0.3) is 0 Å². The zero-order valence-electron chi connectivity index (χ0n) is 18.8. The SMILES string of the molecule is C=Cc1ccc2c(c1)C(CCCCCCBr)(CCCCCCBr)c1cc(C=C)ccc1-2. The molecule has 1 aliphatic carbocycles. The van der Waals surface area contributed by atoms with Gasteiger partial charge in [-0.1, -0.05) is 132 Å². The largest absolute Gasteiger partial charge is 0.0985 e. The Morgan fingerprint density at radius 2 is 1.03 bits per heavy atom. The molecule has 2 heteroatoms. The highest BCUT2D eigenvalue weighted by Crippen LogP contribution is 2.54. The summed E-state index contributed by atoms with van der Waals surface area (Å²) >= 11 is 7.17. The number of unbranched alkanes of at least 4 members (excludes halogenated alkanes) is 6. The molecule has 0 fully saturated rings. The number of alkyl halides is 2. The molecule has 0 nitrogen and oxygen atoms in total. The minimum atomic E-state index is 0.117. The Kier molecular flexibility index (Phi) is 9.66. The van der Waals surface area contributed by atoms with Gasteiger partial charge in [-0.05, 0) is 59.1 Å². The fourth-order valence-electron chi connectivity index (χ4n) is 5.20. The van der Waals surface area contributed by atoms with Crippen LogP contribution in [0, 0.1) is 0 Å². The molecule has 2 aromatic rings. The fraction of sp³-hybridized carbons (Fsp3) is 0.448. The molecular formula is C29H36Br2. The van der Waals surface area contributed by atoms with Gasteiger partial charge in [0.2, 0.25) is 0 Å². The highest BCUT2D eigenvalue weighted by atomic mass is 79.9. The van der Waals surface area contributed by atoms with Crippen molar-refractivity contribution in [3.05, 3.63) is 71.8 Å². The minimum Gasteiger partial charge on any atom is -0.0985 e. The monoisotopic (exact) mass is 542 g/mol. The Morgan fingerprint density at radius 3 is 1.42 bits per heavy atom. The van der Waals surface area contributed by atoms with E-state index >= 15 is 0 Å². The molecule has 0 atom stereocenters. The first kappa shape index (κ1) is 24.5. The van der Waals surface area contributed by atoms with Gasteiger partial charge >= 0.3 is 0 Å². The number of benzene rings is 2.